The second-order valence-corrected chi connectivity index (χ2v) is 7.61. The number of aryl methyl sites for hydroxylation is 1. The van der Waals surface area contributed by atoms with Crippen molar-refractivity contribution in [2.24, 2.45) is 0 Å². The molecule has 3 heteroatoms. The minimum Gasteiger partial charge on any atom is -0.496 e. The van der Waals surface area contributed by atoms with Gasteiger partial charge < -0.3 is 14.5 Å². The molecule has 1 heterocycles. The van der Waals surface area contributed by atoms with E-state index in [4.69, 9.17) is 4.74 Å². The van der Waals surface area contributed by atoms with Crippen molar-refractivity contribution in [1.82, 2.24) is 0 Å². The molecule has 3 aromatic rings. The van der Waals surface area contributed by atoms with Crippen LogP contribution < -0.4 is 14.5 Å². The van der Waals surface area contributed by atoms with Crippen molar-refractivity contribution in [1.29, 1.82) is 0 Å². The number of nitrogens with zero attached hydrogens (tertiary/aromatic N) is 1. The topological polar surface area (TPSA) is 16.9 Å². The van der Waals surface area contributed by atoms with Gasteiger partial charge in [-0.2, -0.15) is 0 Å². The Morgan fingerprint density at radius 3 is 2.37 bits per heavy atom. The van der Waals surface area contributed by atoms with E-state index in [1.165, 1.54) is 46.2 Å². The molecule has 3 nitrogen and oxygen atoms in total. The number of anilines is 1. The van der Waals surface area contributed by atoms with Gasteiger partial charge in [-0.25, -0.2) is 0 Å². The lowest BCUT2D eigenvalue weighted by Crippen LogP contribution is -3.13. The van der Waals surface area contributed by atoms with Crippen LogP contribution in [0.3, 0.4) is 0 Å². The zero-order chi connectivity index (χ0) is 18.8. The molecule has 0 aliphatic carbocycles. The molecule has 1 saturated heterocycles. The fourth-order valence-electron chi connectivity index (χ4n) is 4.25. The summed E-state index contributed by atoms with van der Waals surface area (Å²) in [6.45, 7) is 10.1. The molecular weight excluding hydrogens is 332 g/mol. The maximum Gasteiger partial charge on any atom is 0.126 e. The largest absolute Gasteiger partial charge is 0.496 e. The highest BCUT2D eigenvalue weighted by Crippen LogP contribution is 2.28. The van der Waals surface area contributed by atoms with Crippen LogP contribution in [0.2, 0.25) is 0 Å². The van der Waals surface area contributed by atoms with Crippen LogP contribution >= 0.6 is 0 Å². The molecule has 0 unspecified atom stereocenters. The molecule has 1 aliphatic heterocycles. The molecule has 0 atom stereocenters. The molecule has 0 radical (unpaired) electrons. The Hall–Kier alpha value is -2.52. The summed E-state index contributed by atoms with van der Waals surface area (Å²) in [4.78, 5) is 4.21. The van der Waals surface area contributed by atoms with Crippen molar-refractivity contribution in [2.45, 2.75) is 20.4 Å². The van der Waals surface area contributed by atoms with Crippen LogP contribution in [0.25, 0.3) is 10.8 Å². The van der Waals surface area contributed by atoms with Gasteiger partial charge in [0.05, 0.1) is 33.3 Å². The van der Waals surface area contributed by atoms with E-state index in [1.807, 2.05) is 0 Å². The third kappa shape index (κ3) is 3.52. The van der Waals surface area contributed by atoms with Crippen molar-refractivity contribution >= 4 is 16.5 Å². The van der Waals surface area contributed by atoms with Crippen LogP contribution in [0, 0.1) is 13.8 Å². The van der Waals surface area contributed by atoms with Gasteiger partial charge in [0, 0.05) is 16.6 Å². The van der Waals surface area contributed by atoms with E-state index in [0.29, 0.717) is 0 Å². The molecular formula is C24H29N2O+. The molecule has 4 rings (SSSR count). The molecule has 1 N–H and O–H groups in total. The van der Waals surface area contributed by atoms with Crippen molar-refractivity contribution in [3.63, 3.8) is 0 Å². The van der Waals surface area contributed by atoms with Crippen molar-refractivity contribution in [2.75, 3.05) is 38.2 Å². The molecule has 0 spiro atoms. The van der Waals surface area contributed by atoms with Crippen LogP contribution in [0.4, 0.5) is 5.69 Å². The van der Waals surface area contributed by atoms with Crippen LogP contribution in [0.15, 0.2) is 54.6 Å². The molecule has 140 valence electrons. The lowest BCUT2D eigenvalue weighted by Gasteiger charge is -2.35. The summed E-state index contributed by atoms with van der Waals surface area (Å²) in [5, 5.41) is 2.53. The molecule has 3 aromatic carbocycles. The summed E-state index contributed by atoms with van der Waals surface area (Å²) in [5.74, 6) is 0.962. The fourth-order valence-corrected chi connectivity index (χ4v) is 4.25. The Kier molecular flexibility index (Phi) is 5.04. The molecule has 0 amide bonds. The third-order valence-corrected chi connectivity index (χ3v) is 6.02. The Balaban J connectivity index is 1.49. The lowest BCUT2D eigenvalue weighted by atomic mass is 10.0. The molecule has 0 aromatic heterocycles. The first-order valence-corrected chi connectivity index (χ1v) is 9.86. The summed E-state index contributed by atoms with van der Waals surface area (Å²) in [6, 6.07) is 19.6. The van der Waals surface area contributed by atoms with E-state index in [2.05, 4.69) is 73.3 Å². The standard InChI is InChI=1S/C24H28N2O/c1-18-7-6-10-23(19(18)2)26-15-13-25(14-16-26)17-20-11-12-24(27-3)22-9-5-4-8-21(20)22/h4-12H,13-17H2,1-3H3/p+1. The minimum absolute atomic E-state index is 0.962. The second kappa shape index (κ2) is 7.61. The first-order chi connectivity index (χ1) is 13.2. The van der Waals surface area contributed by atoms with Gasteiger partial charge in [-0.05, 0) is 48.6 Å². The molecule has 0 saturated carbocycles. The van der Waals surface area contributed by atoms with E-state index in [1.54, 1.807) is 12.0 Å². The van der Waals surface area contributed by atoms with Crippen molar-refractivity contribution < 1.29 is 9.64 Å². The number of rotatable bonds is 4. The van der Waals surface area contributed by atoms with Gasteiger partial charge in [0.15, 0.2) is 0 Å². The van der Waals surface area contributed by atoms with Gasteiger partial charge in [0.2, 0.25) is 0 Å². The van der Waals surface area contributed by atoms with Gasteiger partial charge in [0.25, 0.3) is 0 Å². The number of methoxy groups -OCH3 is 1. The number of benzene rings is 3. The van der Waals surface area contributed by atoms with Gasteiger partial charge >= 0.3 is 0 Å². The normalized spacial score (nSPS) is 15.3. The van der Waals surface area contributed by atoms with Crippen LogP contribution in [0.5, 0.6) is 5.75 Å². The molecule has 1 fully saturated rings. The first-order valence-electron chi connectivity index (χ1n) is 9.86. The first kappa shape index (κ1) is 17.9. The van der Waals surface area contributed by atoms with Gasteiger partial charge in [0.1, 0.15) is 12.3 Å². The minimum atomic E-state index is 0.962. The molecule has 0 bridgehead atoms. The number of quaternary nitrogens is 1. The SMILES string of the molecule is COc1ccc(C[NH+]2CCN(c3cccc(C)c3C)CC2)c2ccccc12. The van der Waals surface area contributed by atoms with Crippen LogP contribution in [-0.2, 0) is 6.54 Å². The smallest absolute Gasteiger partial charge is 0.126 e. The van der Waals surface area contributed by atoms with E-state index >= 15 is 0 Å². The zero-order valence-corrected chi connectivity index (χ0v) is 16.6. The average molecular weight is 362 g/mol. The summed E-state index contributed by atoms with van der Waals surface area (Å²) in [5.41, 5.74) is 5.62. The van der Waals surface area contributed by atoms with E-state index in [0.717, 1.165) is 25.4 Å². The molecule has 1 aliphatic rings. The molecule has 27 heavy (non-hydrogen) atoms. The third-order valence-electron chi connectivity index (χ3n) is 6.02. The van der Waals surface area contributed by atoms with Crippen molar-refractivity contribution in [3.8, 4) is 5.75 Å². The summed E-state index contributed by atoms with van der Waals surface area (Å²) in [7, 11) is 1.75. The number of hydrogen-bond donors (Lipinski definition) is 1. The summed E-state index contributed by atoms with van der Waals surface area (Å²) >= 11 is 0. The number of piperazine rings is 1. The quantitative estimate of drug-likeness (QED) is 0.767. The zero-order valence-electron chi connectivity index (χ0n) is 16.6. The predicted octanol–water partition coefficient (Wildman–Crippen LogP) is 3.37. The maximum absolute atomic E-state index is 5.54. The number of ether oxygens (including phenoxy) is 1. The Bertz CT molecular complexity index is 942. The second-order valence-electron chi connectivity index (χ2n) is 7.61. The summed E-state index contributed by atoms with van der Waals surface area (Å²) < 4.78 is 5.54. The van der Waals surface area contributed by atoms with Gasteiger partial charge in [-0.3, -0.25) is 0 Å². The average Bonchev–Trinajstić information content (AvgIpc) is 2.71. The predicted molar refractivity (Wildman–Crippen MR) is 113 cm³/mol. The number of fused-ring (bicyclic) bond motifs is 1. The van der Waals surface area contributed by atoms with Gasteiger partial charge in [-0.1, -0.05) is 36.4 Å². The van der Waals surface area contributed by atoms with Crippen molar-refractivity contribution in [3.05, 3.63) is 71.3 Å². The summed E-state index contributed by atoms with van der Waals surface area (Å²) in [6.07, 6.45) is 0. The number of nitrogens with one attached hydrogen (secondary N) is 1. The Labute approximate surface area is 162 Å². The van der Waals surface area contributed by atoms with E-state index in [-0.39, 0.29) is 0 Å². The van der Waals surface area contributed by atoms with E-state index < -0.39 is 0 Å². The number of hydrogen-bond acceptors (Lipinski definition) is 2. The van der Waals surface area contributed by atoms with E-state index in [9.17, 15) is 0 Å². The fraction of sp³-hybridized carbons (Fsp3) is 0.333. The van der Waals surface area contributed by atoms with Crippen LogP contribution in [0.1, 0.15) is 16.7 Å². The van der Waals surface area contributed by atoms with Gasteiger partial charge in [-0.15, -0.1) is 0 Å². The highest BCUT2D eigenvalue weighted by atomic mass is 16.5. The highest BCUT2D eigenvalue weighted by Gasteiger charge is 2.22. The Morgan fingerprint density at radius 1 is 0.889 bits per heavy atom. The van der Waals surface area contributed by atoms with Crippen LogP contribution in [-0.4, -0.2) is 33.3 Å². The monoisotopic (exact) mass is 361 g/mol. The maximum atomic E-state index is 5.54. The Morgan fingerprint density at radius 2 is 1.63 bits per heavy atom. The highest BCUT2D eigenvalue weighted by molar-refractivity contribution is 5.90. The lowest BCUT2D eigenvalue weighted by molar-refractivity contribution is -0.914.